The van der Waals surface area contributed by atoms with Gasteiger partial charge in [-0.1, -0.05) is 0 Å². The number of hydrogen-bond acceptors (Lipinski definition) is 3. The van der Waals surface area contributed by atoms with Crippen LogP contribution in [-0.2, 0) is 13.6 Å². The highest BCUT2D eigenvalue weighted by atomic mass is 15.1. The standard InChI is InChI=1S/C11H18N4/c1-14(2)5-4-13-8-10-6-11(7-12)15(3)9-10/h6,9,13H,4-5,8H2,1-3H3. The van der Waals surface area contributed by atoms with Crippen molar-refractivity contribution in [1.29, 1.82) is 5.26 Å². The number of nitrogens with one attached hydrogen (secondary N) is 1. The first-order valence-corrected chi connectivity index (χ1v) is 5.04. The van der Waals surface area contributed by atoms with Crippen LogP contribution in [0.5, 0.6) is 0 Å². The average Bonchev–Trinajstić information content (AvgIpc) is 2.53. The van der Waals surface area contributed by atoms with Crippen molar-refractivity contribution in [2.45, 2.75) is 6.54 Å². The summed E-state index contributed by atoms with van der Waals surface area (Å²) < 4.78 is 1.85. The molecule has 1 N–H and O–H groups in total. The van der Waals surface area contributed by atoms with E-state index in [0.29, 0.717) is 5.69 Å². The second-order valence-electron chi connectivity index (χ2n) is 3.94. The van der Waals surface area contributed by atoms with Gasteiger partial charge < -0.3 is 14.8 Å². The van der Waals surface area contributed by atoms with Crippen molar-refractivity contribution in [3.63, 3.8) is 0 Å². The third-order valence-electron chi connectivity index (χ3n) is 2.24. The van der Waals surface area contributed by atoms with E-state index >= 15 is 0 Å². The van der Waals surface area contributed by atoms with Crippen LogP contribution in [0.4, 0.5) is 0 Å². The van der Waals surface area contributed by atoms with E-state index < -0.39 is 0 Å². The zero-order chi connectivity index (χ0) is 11.3. The van der Waals surface area contributed by atoms with Gasteiger partial charge in [-0.2, -0.15) is 5.26 Å². The average molecular weight is 206 g/mol. The van der Waals surface area contributed by atoms with Crippen molar-refractivity contribution in [1.82, 2.24) is 14.8 Å². The van der Waals surface area contributed by atoms with Crippen LogP contribution >= 0.6 is 0 Å². The Morgan fingerprint density at radius 3 is 2.80 bits per heavy atom. The molecule has 1 heterocycles. The zero-order valence-electron chi connectivity index (χ0n) is 9.62. The number of aromatic nitrogens is 1. The van der Waals surface area contributed by atoms with Gasteiger partial charge in [-0.3, -0.25) is 0 Å². The Labute approximate surface area is 91.1 Å². The maximum atomic E-state index is 8.78. The van der Waals surface area contributed by atoms with E-state index in [-0.39, 0.29) is 0 Å². The first-order valence-electron chi connectivity index (χ1n) is 5.04. The summed E-state index contributed by atoms with van der Waals surface area (Å²) in [5, 5.41) is 12.1. The lowest BCUT2D eigenvalue weighted by Crippen LogP contribution is -2.26. The molecule has 15 heavy (non-hydrogen) atoms. The number of rotatable bonds is 5. The third-order valence-corrected chi connectivity index (χ3v) is 2.24. The molecule has 4 heteroatoms. The van der Waals surface area contributed by atoms with Gasteiger partial charge in [-0.15, -0.1) is 0 Å². The van der Waals surface area contributed by atoms with E-state index in [9.17, 15) is 0 Å². The predicted octanol–water partition coefficient (Wildman–Crippen LogP) is 0.548. The van der Waals surface area contributed by atoms with Crippen molar-refractivity contribution < 1.29 is 0 Å². The maximum absolute atomic E-state index is 8.78. The van der Waals surface area contributed by atoms with Crippen molar-refractivity contribution in [3.8, 4) is 6.07 Å². The van der Waals surface area contributed by atoms with Gasteiger partial charge >= 0.3 is 0 Å². The van der Waals surface area contributed by atoms with E-state index in [1.165, 1.54) is 0 Å². The Kier molecular flexibility index (Phi) is 4.35. The summed E-state index contributed by atoms with van der Waals surface area (Å²) in [6.07, 6.45) is 1.99. The topological polar surface area (TPSA) is 44.0 Å². The van der Waals surface area contributed by atoms with E-state index in [1.54, 1.807) is 0 Å². The molecule has 1 aromatic rings. The Balaban J connectivity index is 2.35. The molecule has 0 amide bonds. The van der Waals surface area contributed by atoms with Crippen LogP contribution in [0, 0.1) is 11.3 Å². The minimum atomic E-state index is 0.708. The van der Waals surface area contributed by atoms with E-state index in [0.717, 1.165) is 25.2 Å². The van der Waals surface area contributed by atoms with Crippen LogP contribution in [0.15, 0.2) is 12.3 Å². The predicted molar refractivity (Wildman–Crippen MR) is 60.4 cm³/mol. The highest BCUT2D eigenvalue weighted by Crippen LogP contribution is 2.05. The second-order valence-corrected chi connectivity index (χ2v) is 3.94. The van der Waals surface area contributed by atoms with Crippen LogP contribution < -0.4 is 5.32 Å². The highest BCUT2D eigenvalue weighted by molar-refractivity contribution is 5.28. The second kappa shape index (κ2) is 5.54. The molecule has 0 spiro atoms. The van der Waals surface area contributed by atoms with E-state index in [2.05, 4.69) is 30.4 Å². The molecule has 4 nitrogen and oxygen atoms in total. The molecule has 82 valence electrons. The van der Waals surface area contributed by atoms with Crippen molar-refractivity contribution >= 4 is 0 Å². The third kappa shape index (κ3) is 3.74. The molecule has 0 atom stereocenters. The summed E-state index contributed by atoms with van der Waals surface area (Å²) in [5.74, 6) is 0. The van der Waals surface area contributed by atoms with Gasteiger partial charge in [0, 0.05) is 32.9 Å². The quantitative estimate of drug-likeness (QED) is 0.715. The summed E-state index contributed by atoms with van der Waals surface area (Å²) in [4.78, 5) is 2.14. The molecule has 0 aromatic carbocycles. The van der Waals surface area contributed by atoms with Gasteiger partial charge in [-0.05, 0) is 25.7 Å². The SMILES string of the molecule is CN(C)CCNCc1cc(C#N)n(C)c1. The molecule has 0 bridgehead atoms. The molecule has 0 unspecified atom stereocenters. The molecule has 0 saturated heterocycles. The molecule has 0 saturated carbocycles. The largest absolute Gasteiger partial charge is 0.342 e. The van der Waals surface area contributed by atoms with Gasteiger partial charge in [0.1, 0.15) is 11.8 Å². The molecule has 1 rings (SSSR count). The molecule has 0 fully saturated rings. The Hall–Kier alpha value is -1.31. The molecule has 0 aliphatic rings. The molecule has 1 aromatic heterocycles. The van der Waals surface area contributed by atoms with Crippen LogP contribution in [-0.4, -0.2) is 36.7 Å². The summed E-state index contributed by atoms with van der Waals surface area (Å²) in [7, 11) is 6.00. The number of hydrogen-bond donors (Lipinski definition) is 1. The number of aryl methyl sites for hydroxylation is 1. The number of nitrogens with zero attached hydrogens (tertiary/aromatic N) is 3. The first-order chi connectivity index (χ1) is 7.13. The van der Waals surface area contributed by atoms with Crippen molar-refractivity contribution in [2.75, 3.05) is 27.2 Å². The fourth-order valence-corrected chi connectivity index (χ4v) is 1.38. The number of nitriles is 1. The fourth-order valence-electron chi connectivity index (χ4n) is 1.38. The smallest absolute Gasteiger partial charge is 0.120 e. The van der Waals surface area contributed by atoms with Crippen LogP contribution in [0.3, 0.4) is 0 Å². The van der Waals surface area contributed by atoms with Crippen LogP contribution in [0.1, 0.15) is 11.3 Å². The fraction of sp³-hybridized carbons (Fsp3) is 0.545. The minimum Gasteiger partial charge on any atom is -0.342 e. The zero-order valence-corrected chi connectivity index (χ0v) is 9.62. The first kappa shape index (κ1) is 11.8. The Bertz CT molecular complexity index is 346. The molecule has 0 radical (unpaired) electrons. The molecular weight excluding hydrogens is 188 g/mol. The van der Waals surface area contributed by atoms with Crippen molar-refractivity contribution in [2.24, 2.45) is 7.05 Å². The lowest BCUT2D eigenvalue weighted by Gasteiger charge is -2.09. The van der Waals surface area contributed by atoms with Gasteiger partial charge in [0.15, 0.2) is 0 Å². The number of likely N-dealkylation sites (N-methyl/N-ethyl adjacent to an activating group) is 1. The molecule has 0 aliphatic heterocycles. The van der Waals surface area contributed by atoms with Crippen LogP contribution in [0.25, 0.3) is 0 Å². The molecule has 0 aliphatic carbocycles. The van der Waals surface area contributed by atoms with E-state index in [4.69, 9.17) is 5.26 Å². The minimum absolute atomic E-state index is 0.708. The maximum Gasteiger partial charge on any atom is 0.120 e. The highest BCUT2D eigenvalue weighted by Gasteiger charge is 2.01. The Morgan fingerprint density at radius 2 is 2.27 bits per heavy atom. The van der Waals surface area contributed by atoms with Gasteiger partial charge in [0.05, 0.1) is 0 Å². The monoisotopic (exact) mass is 206 g/mol. The van der Waals surface area contributed by atoms with Gasteiger partial charge in [-0.25, -0.2) is 0 Å². The van der Waals surface area contributed by atoms with Gasteiger partial charge in [0.25, 0.3) is 0 Å². The summed E-state index contributed by atoms with van der Waals surface area (Å²) in [5.41, 5.74) is 1.87. The van der Waals surface area contributed by atoms with Crippen molar-refractivity contribution in [3.05, 3.63) is 23.5 Å². The lowest BCUT2D eigenvalue weighted by atomic mass is 10.3. The van der Waals surface area contributed by atoms with Crippen LogP contribution in [0.2, 0.25) is 0 Å². The Morgan fingerprint density at radius 1 is 1.53 bits per heavy atom. The summed E-state index contributed by atoms with van der Waals surface area (Å²) >= 11 is 0. The lowest BCUT2D eigenvalue weighted by molar-refractivity contribution is 0.400. The summed E-state index contributed by atoms with van der Waals surface area (Å²) in [6, 6.07) is 4.07. The molecular formula is C11H18N4. The normalized spacial score (nSPS) is 10.6. The van der Waals surface area contributed by atoms with E-state index in [1.807, 2.05) is 23.9 Å². The summed E-state index contributed by atoms with van der Waals surface area (Å²) in [6.45, 7) is 2.81. The van der Waals surface area contributed by atoms with Gasteiger partial charge in [0.2, 0.25) is 0 Å².